The Hall–Kier alpha value is -1.84. The third kappa shape index (κ3) is 2.51. The molecule has 4 heteroatoms. The normalized spacial score (nSPS) is 25.4. The number of nitrogens with one attached hydrogen (secondary N) is 1. The van der Waals surface area contributed by atoms with Crippen LogP contribution in [-0.2, 0) is 0 Å². The summed E-state index contributed by atoms with van der Waals surface area (Å²) in [6.07, 6.45) is 3.33. The van der Waals surface area contributed by atoms with Crippen LogP contribution in [0.4, 0.5) is 4.39 Å². The Kier molecular flexibility index (Phi) is 3.94. The fraction of sp³-hybridized carbons (Fsp3) is 0.500. The molecule has 0 aliphatic heterocycles. The lowest BCUT2D eigenvalue weighted by Gasteiger charge is -2.34. The number of benzene rings is 1. The monoisotopic (exact) mass is 303 g/mol. The molecule has 1 aromatic heterocycles. The van der Waals surface area contributed by atoms with Crippen molar-refractivity contribution in [1.82, 2.24) is 5.32 Å². The van der Waals surface area contributed by atoms with Gasteiger partial charge in [-0.15, -0.1) is 0 Å². The van der Waals surface area contributed by atoms with Crippen molar-refractivity contribution in [3.05, 3.63) is 35.3 Å². The SMILES string of the molecule is Cc1c(C(=O)NC2CCCC(C)C2C)oc2c(F)cccc12. The van der Waals surface area contributed by atoms with Crippen LogP contribution in [0.15, 0.2) is 22.6 Å². The third-order valence-corrected chi connectivity index (χ3v) is 5.15. The third-order valence-electron chi connectivity index (χ3n) is 5.15. The molecule has 3 unspecified atom stereocenters. The summed E-state index contributed by atoms with van der Waals surface area (Å²) in [6, 6.07) is 4.91. The first-order chi connectivity index (χ1) is 10.5. The standard InChI is InChI=1S/C18H22FNO2/c1-10-6-4-9-15(11(10)2)20-18(21)16-12(3)13-7-5-8-14(19)17(13)22-16/h5,7-8,10-11,15H,4,6,9H2,1-3H3,(H,20,21). The van der Waals surface area contributed by atoms with Crippen molar-refractivity contribution in [1.29, 1.82) is 0 Å². The lowest BCUT2D eigenvalue weighted by Crippen LogP contribution is -2.43. The molecule has 3 nitrogen and oxygen atoms in total. The summed E-state index contributed by atoms with van der Waals surface area (Å²) in [6.45, 7) is 6.21. The largest absolute Gasteiger partial charge is 0.448 e. The lowest BCUT2D eigenvalue weighted by atomic mass is 9.78. The van der Waals surface area contributed by atoms with E-state index < -0.39 is 5.82 Å². The Morgan fingerprint density at radius 3 is 2.82 bits per heavy atom. The van der Waals surface area contributed by atoms with Crippen LogP contribution in [-0.4, -0.2) is 11.9 Å². The molecular weight excluding hydrogens is 281 g/mol. The number of para-hydroxylation sites is 1. The maximum atomic E-state index is 13.8. The van der Waals surface area contributed by atoms with Crippen molar-refractivity contribution in [2.75, 3.05) is 0 Å². The van der Waals surface area contributed by atoms with Crippen molar-refractivity contribution in [3.63, 3.8) is 0 Å². The van der Waals surface area contributed by atoms with E-state index in [0.717, 1.165) is 12.8 Å². The molecular formula is C18H22FNO2. The zero-order valence-electron chi connectivity index (χ0n) is 13.3. The number of amides is 1. The van der Waals surface area contributed by atoms with Crippen molar-refractivity contribution in [2.24, 2.45) is 11.8 Å². The van der Waals surface area contributed by atoms with Crippen molar-refractivity contribution < 1.29 is 13.6 Å². The summed E-state index contributed by atoms with van der Waals surface area (Å²) >= 11 is 0. The van der Waals surface area contributed by atoms with Gasteiger partial charge < -0.3 is 9.73 Å². The number of hydrogen-bond donors (Lipinski definition) is 1. The molecule has 1 N–H and O–H groups in total. The van der Waals surface area contributed by atoms with Crippen LogP contribution in [0.2, 0.25) is 0 Å². The Morgan fingerprint density at radius 1 is 1.32 bits per heavy atom. The summed E-state index contributed by atoms with van der Waals surface area (Å²) < 4.78 is 19.3. The smallest absolute Gasteiger partial charge is 0.287 e. The van der Waals surface area contributed by atoms with Gasteiger partial charge in [0.2, 0.25) is 0 Å². The zero-order chi connectivity index (χ0) is 15.9. The van der Waals surface area contributed by atoms with Crippen LogP contribution in [0, 0.1) is 24.6 Å². The molecule has 1 saturated carbocycles. The summed E-state index contributed by atoms with van der Waals surface area (Å²) in [5, 5.41) is 3.74. The quantitative estimate of drug-likeness (QED) is 0.891. The van der Waals surface area contributed by atoms with E-state index in [1.807, 2.05) is 0 Å². The molecule has 1 aliphatic rings. The van der Waals surface area contributed by atoms with Crippen LogP contribution >= 0.6 is 0 Å². The molecule has 0 bridgehead atoms. The second-order valence-corrected chi connectivity index (χ2v) is 6.52. The van der Waals surface area contributed by atoms with E-state index in [1.54, 1.807) is 19.1 Å². The molecule has 0 radical (unpaired) electrons. The molecule has 3 rings (SSSR count). The van der Waals surface area contributed by atoms with Gasteiger partial charge in [-0.3, -0.25) is 4.79 Å². The van der Waals surface area contributed by atoms with Gasteiger partial charge in [0.15, 0.2) is 17.2 Å². The number of fused-ring (bicyclic) bond motifs is 1. The minimum Gasteiger partial charge on any atom is -0.448 e. The van der Waals surface area contributed by atoms with Gasteiger partial charge >= 0.3 is 0 Å². The van der Waals surface area contributed by atoms with Crippen molar-refractivity contribution in [2.45, 2.75) is 46.1 Å². The van der Waals surface area contributed by atoms with Gasteiger partial charge in [-0.1, -0.05) is 38.8 Å². The van der Waals surface area contributed by atoms with Crippen LogP contribution in [0.3, 0.4) is 0 Å². The fourth-order valence-corrected chi connectivity index (χ4v) is 3.45. The van der Waals surface area contributed by atoms with Crippen LogP contribution in [0.25, 0.3) is 11.0 Å². The Balaban J connectivity index is 1.86. The van der Waals surface area contributed by atoms with E-state index in [9.17, 15) is 9.18 Å². The maximum Gasteiger partial charge on any atom is 0.287 e. The molecule has 1 heterocycles. The minimum atomic E-state index is -0.431. The molecule has 118 valence electrons. The first kappa shape index (κ1) is 15.1. The van der Waals surface area contributed by atoms with Crippen LogP contribution in [0.5, 0.6) is 0 Å². The summed E-state index contributed by atoms with van der Waals surface area (Å²) in [5.41, 5.74) is 0.860. The van der Waals surface area contributed by atoms with Crippen molar-refractivity contribution >= 4 is 16.9 Å². The van der Waals surface area contributed by atoms with Gasteiger partial charge in [0, 0.05) is 17.0 Å². The predicted octanol–water partition coefficient (Wildman–Crippen LogP) is 4.43. The molecule has 22 heavy (non-hydrogen) atoms. The highest BCUT2D eigenvalue weighted by molar-refractivity contribution is 5.99. The number of hydrogen-bond acceptors (Lipinski definition) is 2. The zero-order valence-corrected chi connectivity index (χ0v) is 13.3. The van der Waals surface area contributed by atoms with Gasteiger partial charge in [0.25, 0.3) is 5.91 Å². The highest BCUT2D eigenvalue weighted by Gasteiger charge is 2.30. The van der Waals surface area contributed by atoms with E-state index in [0.29, 0.717) is 22.8 Å². The summed E-state index contributed by atoms with van der Waals surface area (Å²) in [4.78, 5) is 12.5. The van der Waals surface area contributed by atoms with Gasteiger partial charge in [0.05, 0.1) is 0 Å². The fourth-order valence-electron chi connectivity index (χ4n) is 3.45. The lowest BCUT2D eigenvalue weighted by molar-refractivity contribution is 0.0864. The molecule has 1 aromatic carbocycles. The van der Waals surface area contributed by atoms with E-state index in [1.165, 1.54) is 12.5 Å². The number of rotatable bonds is 2. The van der Waals surface area contributed by atoms with Gasteiger partial charge in [0.1, 0.15) is 0 Å². The highest BCUT2D eigenvalue weighted by atomic mass is 19.1. The Morgan fingerprint density at radius 2 is 2.09 bits per heavy atom. The van der Waals surface area contributed by atoms with E-state index in [4.69, 9.17) is 4.42 Å². The molecule has 3 atom stereocenters. The average molecular weight is 303 g/mol. The van der Waals surface area contributed by atoms with Gasteiger partial charge in [-0.05, 0) is 31.2 Å². The second kappa shape index (κ2) is 5.75. The number of halogens is 1. The average Bonchev–Trinajstić information content (AvgIpc) is 2.83. The molecule has 0 saturated heterocycles. The van der Waals surface area contributed by atoms with Gasteiger partial charge in [-0.25, -0.2) is 4.39 Å². The van der Waals surface area contributed by atoms with E-state index in [-0.39, 0.29) is 23.3 Å². The number of furan rings is 1. The molecule has 0 spiro atoms. The molecule has 1 aliphatic carbocycles. The van der Waals surface area contributed by atoms with E-state index in [2.05, 4.69) is 19.2 Å². The Bertz CT molecular complexity index is 706. The summed E-state index contributed by atoms with van der Waals surface area (Å²) in [5.74, 6) is 0.608. The first-order valence-corrected chi connectivity index (χ1v) is 7.97. The second-order valence-electron chi connectivity index (χ2n) is 6.52. The first-order valence-electron chi connectivity index (χ1n) is 7.97. The molecule has 1 fully saturated rings. The summed E-state index contributed by atoms with van der Waals surface area (Å²) in [7, 11) is 0. The Labute approximate surface area is 129 Å². The number of carbonyl (C=O) groups excluding carboxylic acids is 1. The number of aryl methyl sites for hydroxylation is 1. The van der Waals surface area contributed by atoms with Crippen LogP contribution in [0.1, 0.15) is 49.2 Å². The number of carbonyl (C=O) groups is 1. The van der Waals surface area contributed by atoms with Crippen molar-refractivity contribution in [3.8, 4) is 0 Å². The molecule has 1 amide bonds. The highest BCUT2D eigenvalue weighted by Crippen LogP contribution is 2.31. The van der Waals surface area contributed by atoms with E-state index >= 15 is 0 Å². The topological polar surface area (TPSA) is 42.2 Å². The minimum absolute atomic E-state index is 0.161. The molecule has 2 aromatic rings. The van der Waals surface area contributed by atoms with Gasteiger partial charge in [-0.2, -0.15) is 0 Å². The maximum absolute atomic E-state index is 13.8. The van der Waals surface area contributed by atoms with Crippen LogP contribution < -0.4 is 5.32 Å². The predicted molar refractivity (Wildman–Crippen MR) is 84.3 cm³/mol.